The van der Waals surface area contributed by atoms with Crippen LogP contribution in [0, 0.1) is 0 Å². The minimum absolute atomic E-state index is 0.814. The molecule has 0 radical (unpaired) electrons. The van der Waals surface area contributed by atoms with Crippen LogP contribution in [0.1, 0.15) is 37.3 Å². The van der Waals surface area contributed by atoms with E-state index in [0.717, 1.165) is 25.6 Å². The van der Waals surface area contributed by atoms with Crippen LogP contribution in [0.4, 0.5) is 0 Å². The molecule has 1 aliphatic rings. The van der Waals surface area contributed by atoms with E-state index in [2.05, 4.69) is 41.4 Å². The van der Waals surface area contributed by atoms with E-state index < -0.39 is 0 Å². The molecule has 1 fully saturated rings. The third-order valence-electron chi connectivity index (χ3n) is 4.04. The Morgan fingerprint density at radius 1 is 1.22 bits per heavy atom. The van der Waals surface area contributed by atoms with Crippen LogP contribution >= 0.6 is 0 Å². The minimum atomic E-state index is 0.814. The topological polar surface area (TPSA) is 15.3 Å². The summed E-state index contributed by atoms with van der Waals surface area (Å²) in [6.07, 6.45) is 5.17. The second-order valence-corrected chi connectivity index (χ2v) is 5.34. The Labute approximate surface area is 111 Å². The fourth-order valence-corrected chi connectivity index (χ4v) is 2.88. The number of benzene rings is 1. The largest absolute Gasteiger partial charge is 0.319 e. The number of likely N-dealkylation sites (tertiary alicyclic amines) is 1. The van der Waals surface area contributed by atoms with Gasteiger partial charge in [-0.25, -0.2) is 0 Å². The van der Waals surface area contributed by atoms with Gasteiger partial charge >= 0.3 is 0 Å². The SMILES string of the molecule is CCC1CCCN1Cc1ccc(CCNC)cc1. The molecule has 1 atom stereocenters. The van der Waals surface area contributed by atoms with Crippen LogP contribution in [-0.2, 0) is 13.0 Å². The van der Waals surface area contributed by atoms with Crippen LogP contribution in [0.15, 0.2) is 24.3 Å². The lowest BCUT2D eigenvalue weighted by atomic mass is 10.1. The van der Waals surface area contributed by atoms with E-state index in [4.69, 9.17) is 0 Å². The molecular weight excluding hydrogens is 220 g/mol. The minimum Gasteiger partial charge on any atom is -0.319 e. The molecule has 2 heteroatoms. The Kier molecular flexibility index (Phi) is 5.21. The summed E-state index contributed by atoms with van der Waals surface area (Å²) in [4.78, 5) is 2.64. The standard InChI is InChI=1S/C16H26N2/c1-3-16-5-4-12-18(16)13-15-8-6-14(7-9-15)10-11-17-2/h6-9,16-17H,3-5,10-13H2,1-2H3. The summed E-state index contributed by atoms with van der Waals surface area (Å²) >= 11 is 0. The molecular formula is C16H26N2. The molecule has 0 spiro atoms. The van der Waals surface area contributed by atoms with Gasteiger partial charge in [-0.3, -0.25) is 4.90 Å². The van der Waals surface area contributed by atoms with Crippen molar-refractivity contribution >= 4 is 0 Å². The van der Waals surface area contributed by atoms with E-state index in [9.17, 15) is 0 Å². The van der Waals surface area contributed by atoms with E-state index in [1.54, 1.807) is 0 Å². The summed E-state index contributed by atoms with van der Waals surface area (Å²) in [5, 5.41) is 3.19. The molecule has 0 saturated carbocycles. The Bertz CT molecular complexity index is 345. The van der Waals surface area contributed by atoms with E-state index >= 15 is 0 Å². The second-order valence-electron chi connectivity index (χ2n) is 5.34. The molecule has 2 rings (SSSR count). The van der Waals surface area contributed by atoms with Gasteiger partial charge in [-0.05, 0) is 56.9 Å². The Balaban J connectivity index is 1.89. The highest BCUT2D eigenvalue weighted by Gasteiger charge is 2.22. The summed E-state index contributed by atoms with van der Waals surface area (Å²) in [5.74, 6) is 0. The van der Waals surface area contributed by atoms with Crippen LogP contribution in [0.3, 0.4) is 0 Å². The van der Waals surface area contributed by atoms with E-state index in [1.807, 2.05) is 7.05 Å². The Morgan fingerprint density at radius 2 is 1.94 bits per heavy atom. The van der Waals surface area contributed by atoms with Gasteiger partial charge in [-0.15, -0.1) is 0 Å². The summed E-state index contributed by atoms with van der Waals surface area (Å²) in [6.45, 7) is 5.78. The van der Waals surface area contributed by atoms with Crippen molar-refractivity contribution in [1.82, 2.24) is 10.2 Å². The maximum Gasteiger partial charge on any atom is 0.0236 e. The van der Waals surface area contributed by atoms with E-state index in [1.165, 1.54) is 36.9 Å². The van der Waals surface area contributed by atoms with Crippen LogP contribution < -0.4 is 5.32 Å². The Hall–Kier alpha value is -0.860. The van der Waals surface area contributed by atoms with E-state index in [0.29, 0.717) is 0 Å². The predicted octanol–water partition coefficient (Wildman–Crippen LogP) is 2.82. The molecule has 1 aromatic rings. The van der Waals surface area contributed by atoms with Gasteiger partial charge in [0.05, 0.1) is 0 Å². The molecule has 1 aliphatic heterocycles. The number of likely N-dealkylation sites (N-methyl/N-ethyl adjacent to an activating group) is 1. The molecule has 0 aliphatic carbocycles. The average molecular weight is 246 g/mol. The molecule has 2 nitrogen and oxygen atoms in total. The lowest BCUT2D eigenvalue weighted by Gasteiger charge is -2.23. The number of rotatable bonds is 6. The number of nitrogens with zero attached hydrogens (tertiary/aromatic N) is 1. The van der Waals surface area contributed by atoms with Crippen molar-refractivity contribution in [2.75, 3.05) is 20.1 Å². The van der Waals surface area contributed by atoms with Crippen molar-refractivity contribution in [2.24, 2.45) is 0 Å². The summed E-state index contributed by atoms with van der Waals surface area (Å²) < 4.78 is 0. The smallest absolute Gasteiger partial charge is 0.0236 e. The maximum atomic E-state index is 3.19. The quantitative estimate of drug-likeness (QED) is 0.830. The predicted molar refractivity (Wildman–Crippen MR) is 77.8 cm³/mol. The summed E-state index contributed by atoms with van der Waals surface area (Å²) in [7, 11) is 2.01. The van der Waals surface area contributed by atoms with Crippen molar-refractivity contribution in [3.8, 4) is 0 Å². The fraction of sp³-hybridized carbons (Fsp3) is 0.625. The molecule has 1 aromatic carbocycles. The number of hydrogen-bond donors (Lipinski definition) is 1. The molecule has 0 bridgehead atoms. The highest BCUT2D eigenvalue weighted by atomic mass is 15.2. The third-order valence-corrected chi connectivity index (χ3v) is 4.04. The summed E-state index contributed by atoms with van der Waals surface area (Å²) in [6, 6.07) is 9.98. The van der Waals surface area contributed by atoms with Gasteiger partial charge in [0.15, 0.2) is 0 Å². The zero-order valence-electron chi connectivity index (χ0n) is 11.8. The van der Waals surface area contributed by atoms with Crippen LogP contribution in [-0.4, -0.2) is 31.1 Å². The van der Waals surface area contributed by atoms with Gasteiger partial charge in [0.2, 0.25) is 0 Å². The highest BCUT2D eigenvalue weighted by Crippen LogP contribution is 2.22. The highest BCUT2D eigenvalue weighted by molar-refractivity contribution is 5.23. The number of nitrogens with one attached hydrogen (secondary N) is 1. The van der Waals surface area contributed by atoms with Crippen molar-refractivity contribution in [3.63, 3.8) is 0 Å². The van der Waals surface area contributed by atoms with Crippen molar-refractivity contribution < 1.29 is 0 Å². The molecule has 0 amide bonds. The van der Waals surface area contributed by atoms with Crippen LogP contribution in [0.25, 0.3) is 0 Å². The zero-order chi connectivity index (χ0) is 12.8. The van der Waals surface area contributed by atoms with Crippen molar-refractivity contribution in [3.05, 3.63) is 35.4 Å². The molecule has 0 aromatic heterocycles. The van der Waals surface area contributed by atoms with Crippen molar-refractivity contribution in [2.45, 2.75) is 45.2 Å². The lowest BCUT2D eigenvalue weighted by molar-refractivity contribution is 0.240. The summed E-state index contributed by atoms with van der Waals surface area (Å²) in [5.41, 5.74) is 2.89. The maximum absolute atomic E-state index is 3.19. The first kappa shape index (κ1) is 13.6. The van der Waals surface area contributed by atoms with Gasteiger partial charge in [0.25, 0.3) is 0 Å². The molecule has 1 unspecified atom stereocenters. The normalized spacial score (nSPS) is 20.4. The lowest BCUT2D eigenvalue weighted by Crippen LogP contribution is -2.28. The third kappa shape index (κ3) is 3.56. The molecule has 18 heavy (non-hydrogen) atoms. The zero-order valence-corrected chi connectivity index (χ0v) is 11.8. The molecule has 1 heterocycles. The van der Waals surface area contributed by atoms with Gasteiger partial charge in [-0.1, -0.05) is 31.2 Å². The van der Waals surface area contributed by atoms with Gasteiger partial charge in [-0.2, -0.15) is 0 Å². The van der Waals surface area contributed by atoms with Gasteiger partial charge < -0.3 is 5.32 Å². The monoisotopic (exact) mass is 246 g/mol. The number of hydrogen-bond acceptors (Lipinski definition) is 2. The van der Waals surface area contributed by atoms with E-state index in [-0.39, 0.29) is 0 Å². The van der Waals surface area contributed by atoms with Gasteiger partial charge in [0.1, 0.15) is 0 Å². The first-order chi connectivity index (χ1) is 8.83. The van der Waals surface area contributed by atoms with Gasteiger partial charge in [0, 0.05) is 12.6 Å². The second kappa shape index (κ2) is 6.91. The van der Waals surface area contributed by atoms with Crippen LogP contribution in [0.2, 0.25) is 0 Å². The fourth-order valence-electron chi connectivity index (χ4n) is 2.88. The first-order valence-electron chi connectivity index (χ1n) is 7.30. The molecule has 1 saturated heterocycles. The van der Waals surface area contributed by atoms with Crippen molar-refractivity contribution in [1.29, 1.82) is 0 Å². The molecule has 1 N–H and O–H groups in total. The average Bonchev–Trinajstić information content (AvgIpc) is 2.85. The first-order valence-corrected chi connectivity index (χ1v) is 7.30. The Morgan fingerprint density at radius 3 is 2.61 bits per heavy atom. The molecule has 100 valence electrons. The van der Waals surface area contributed by atoms with Crippen LogP contribution in [0.5, 0.6) is 0 Å².